The molecule has 2 rings (SSSR count). The van der Waals surface area contributed by atoms with Gasteiger partial charge in [0.15, 0.2) is 0 Å². The van der Waals surface area contributed by atoms with Gasteiger partial charge < -0.3 is 14.6 Å². The van der Waals surface area contributed by atoms with Crippen LogP contribution in [0.2, 0.25) is 0 Å². The highest BCUT2D eigenvalue weighted by atomic mass is 16.5. The Morgan fingerprint density at radius 1 is 1.56 bits per heavy atom. The van der Waals surface area contributed by atoms with Crippen molar-refractivity contribution in [1.29, 1.82) is 0 Å². The van der Waals surface area contributed by atoms with Crippen LogP contribution in [-0.2, 0) is 11.8 Å². The Labute approximate surface area is 96.4 Å². The number of aryl methyl sites for hydroxylation is 1. The molecular formula is C11H20N4O. The normalized spacial score (nSPS) is 27.2. The first-order valence-electron chi connectivity index (χ1n) is 5.66. The van der Waals surface area contributed by atoms with Crippen molar-refractivity contribution in [3.05, 3.63) is 18.2 Å². The molecule has 0 amide bonds. The maximum atomic E-state index is 5.83. The van der Waals surface area contributed by atoms with Gasteiger partial charge in [0, 0.05) is 26.3 Å². The molecule has 1 aliphatic rings. The van der Waals surface area contributed by atoms with Crippen molar-refractivity contribution in [2.75, 3.05) is 33.8 Å². The fourth-order valence-electron chi connectivity index (χ4n) is 2.30. The summed E-state index contributed by atoms with van der Waals surface area (Å²) in [6.45, 7) is 2.63. The molecule has 0 spiro atoms. The lowest BCUT2D eigenvalue weighted by molar-refractivity contribution is -0.0627. The minimum Gasteiger partial charge on any atom is -0.374 e. The van der Waals surface area contributed by atoms with Gasteiger partial charge in [-0.05, 0) is 14.1 Å². The van der Waals surface area contributed by atoms with E-state index in [9.17, 15) is 0 Å². The fourth-order valence-corrected chi connectivity index (χ4v) is 2.30. The van der Waals surface area contributed by atoms with Crippen molar-refractivity contribution in [2.45, 2.75) is 12.1 Å². The molecule has 2 heterocycles. The zero-order valence-corrected chi connectivity index (χ0v) is 10.2. The van der Waals surface area contributed by atoms with Gasteiger partial charge in [-0.15, -0.1) is 0 Å². The Morgan fingerprint density at radius 3 is 3.00 bits per heavy atom. The van der Waals surface area contributed by atoms with Crippen LogP contribution < -0.4 is 5.32 Å². The molecule has 1 aromatic heterocycles. The summed E-state index contributed by atoms with van der Waals surface area (Å²) in [5.41, 5.74) is 1.21. The van der Waals surface area contributed by atoms with E-state index in [0.29, 0.717) is 0 Å². The summed E-state index contributed by atoms with van der Waals surface area (Å²) in [5, 5.41) is 3.19. The lowest BCUT2D eigenvalue weighted by atomic mass is 10.0. The molecule has 2 unspecified atom stereocenters. The number of imidazole rings is 1. The van der Waals surface area contributed by atoms with Crippen LogP contribution in [0.1, 0.15) is 11.7 Å². The minimum atomic E-state index is 0.194. The summed E-state index contributed by atoms with van der Waals surface area (Å²) in [6.07, 6.45) is 3.96. The summed E-state index contributed by atoms with van der Waals surface area (Å²) in [6, 6.07) is 0.286. The number of rotatable bonds is 3. The molecule has 0 bridgehead atoms. The van der Waals surface area contributed by atoms with Crippen LogP contribution in [0.4, 0.5) is 0 Å². The van der Waals surface area contributed by atoms with Crippen LogP contribution in [0.25, 0.3) is 0 Å². The Balaban J connectivity index is 2.22. The summed E-state index contributed by atoms with van der Waals surface area (Å²) in [7, 11) is 6.13. The van der Waals surface area contributed by atoms with Crippen LogP contribution in [0.15, 0.2) is 12.5 Å². The van der Waals surface area contributed by atoms with Crippen LogP contribution in [-0.4, -0.2) is 54.3 Å². The Bertz CT molecular complexity index is 336. The first-order chi connectivity index (χ1) is 7.74. The van der Waals surface area contributed by atoms with Crippen LogP contribution in [0.3, 0.4) is 0 Å². The van der Waals surface area contributed by atoms with Crippen LogP contribution in [0, 0.1) is 0 Å². The van der Waals surface area contributed by atoms with Crippen molar-refractivity contribution in [2.24, 2.45) is 7.05 Å². The van der Waals surface area contributed by atoms with Crippen LogP contribution >= 0.6 is 0 Å². The highest BCUT2D eigenvalue weighted by Gasteiger charge is 2.32. The van der Waals surface area contributed by atoms with E-state index in [2.05, 4.69) is 26.8 Å². The minimum absolute atomic E-state index is 0.194. The summed E-state index contributed by atoms with van der Waals surface area (Å²) in [5.74, 6) is 0. The SMILES string of the molecule is CNCC1OCCN(C)C1c1cncn1C. The third kappa shape index (κ3) is 2.11. The predicted molar refractivity (Wildman–Crippen MR) is 62.2 cm³/mol. The standard InChI is InChI=1S/C11H20N4O/c1-12-7-10-11(14(2)4-5-16-10)9-6-13-8-15(9)3/h6,8,10-12H,4-5,7H2,1-3H3. The van der Waals surface area contributed by atoms with Crippen molar-refractivity contribution in [1.82, 2.24) is 19.8 Å². The molecule has 0 aliphatic carbocycles. The van der Waals surface area contributed by atoms with Crippen molar-refractivity contribution in [3.8, 4) is 0 Å². The van der Waals surface area contributed by atoms with Gasteiger partial charge in [-0.3, -0.25) is 4.90 Å². The van der Waals surface area contributed by atoms with E-state index in [1.165, 1.54) is 5.69 Å². The molecule has 0 aromatic carbocycles. The second kappa shape index (κ2) is 4.95. The van der Waals surface area contributed by atoms with E-state index in [1.807, 2.05) is 26.6 Å². The summed E-state index contributed by atoms with van der Waals surface area (Å²) in [4.78, 5) is 6.52. The molecule has 90 valence electrons. The Hall–Kier alpha value is -0.910. The fraction of sp³-hybridized carbons (Fsp3) is 0.727. The van der Waals surface area contributed by atoms with Gasteiger partial charge in [0.2, 0.25) is 0 Å². The van der Waals surface area contributed by atoms with Crippen molar-refractivity contribution >= 4 is 0 Å². The molecule has 16 heavy (non-hydrogen) atoms. The maximum absolute atomic E-state index is 5.83. The molecule has 1 aliphatic heterocycles. The average Bonchev–Trinajstić information content (AvgIpc) is 2.65. The second-order valence-electron chi connectivity index (χ2n) is 4.32. The third-order valence-electron chi connectivity index (χ3n) is 3.17. The first-order valence-corrected chi connectivity index (χ1v) is 5.66. The number of nitrogens with one attached hydrogen (secondary N) is 1. The molecule has 5 nitrogen and oxygen atoms in total. The quantitative estimate of drug-likeness (QED) is 0.785. The van der Waals surface area contributed by atoms with Gasteiger partial charge in [0.1, 0.15) is 0 Å². The number of hydrogen-bond acceptors (Lipinski definition) is 4. The number of ether oxygens (including phenoxy) is 1. The lowest BCUT2D eigenvalue weighted by Gasteiger charge is -2.39. The van der Waals surface area contributed by atoms with E-state index in [1.54, 1.807) is 0 Å². The summed E-state index contributed by atoms with van der Waals surface area (Å²) < 4.78 is 7.90. The lowest BCUT2D eigenvalue weighted by Crippen LogP contribution is -2.47. The molecule has 2 atom stereocenters. The second-order valence-corrected chi connectivity index (χ2v) is 4.32. The van der Waals surface area contributed by atoms with Gasteiger partial charge in [-0.2, -0.15) is 0 Å². The first kappa shape index (κ1) is 11.6. The topological polar surface area (TPSA) is 42.3 Å². The van der Waals surface area contributed by atoms with Gasteiger partial charge in [-0.25, -0.2) is 4.98 Å². The zero-order valence-electron chi connectivity index (χ0n) is 10.2. The van der Waals surface area contributed by atoms with E-state index in [4.69, 9.17) is 4.74 Å². The molecular weight excluding hydrogens is 204 g/mol. The number of aromatic nitrogens is 2. The molecule has 1 fully saturated rings. The van der Waals surface area contributed by atoms with Crippen molar-refractivity contribution in [3.63, 3.8) is 0 Å². The Kier molecular flexibility index (Phi) is 3.58. The molecule has 1 aromatic rings. The molecule has 1 N–H and O–H groups in total. The predicted octanol–water partition coefficient (Wildman–Crippen LogP) is 0.0112. The number of nitrogens with zero attached hydrogens (tertiary/aromatic N) is 3. The molecule has 5 heteroatoms. The van der Waals surface area contributed by atoms with Gasteiger partial charge in [0.25, 0.3) is 0 Å². The smallest absolute Gasteiger partial charge is 0.0946 e. The molecule has 1 saturated heterocycles. The number of likely N-dealkylation sites (N-methyl/N-ethyl adjacent to an activating group) is 2. The van der Waals surface area contributed by atoms with E-state index >= 15 is 0 Å². The van der Waals surface area contributed by atoms with Crippen LogP contribution in [0.5, 0.6) is 0 Å². The van der Waals surface area contributed by atoms with Gasteiger partial charge in [-0.1, -0.05) is 0 Å². The average molecular weight is 224 g/mol. The highest BCUT2D eigenvalue weighted by Crippen LogP contribution is 2.27. The molecule has 0 radical (unpaired) electrons. The van der Waals surface area contributed by atoms with Crippen molar-refractivity contribution < 1.29 is 4.74 Å². The largest absolute Gasteiger partial charge is 0.374 e. The van der Waals surface area contributed by atoms with E-state index < -0.39 is 0 Å². The third-order valence-corrected chi connectivity index (χ3v) is 3.17. The number of morpholine rings is 1. The monoisotopic (exact) mass is 224 g/mol. The van der Waals surface area contributed by atoms with E-state index in [0.717, 1.165) is 19.7 Å². The molecule has 0 saturated carbocycles. The number of hydrogen-bond donors (Lipinski definition) is 1. The zero-order chi connectivity index (χ0) is 11.5. The van der Waals surface area contributed by atoms with Gasteiger partial charge >= 0.3 is 0 Å². The maximum Gasteiger partial charge on any atom is 0.0946 e. The Morgan fingerprint density at radius 2 is 2.38 bits per heavy atom. The summed E-state index contributed by atoms with van der Waals surface area (Å²) >= 11 is 0. The van der Waals surface area contributed by atoms with E-state index in [-0.39, 0.29) is 12.1 Å². The highest BCUT2D eigenvalue weighted by molar-refractivity contribution is 5.09. The van der Waals surface area contributed by atoms with Gasteiger partial charge in [0.05, 0.1) is 30.8 Å².